The van der Waals surface area contributed by atoms with Gasteiger partial charge in [0.05, 0.1) is 22.4 Å². The number of fused-ring (bicyclic) bond motifs is 2. The van der Waals surface area contributed by atoms with Gasteiger partial charge in [-0.25, -0.2) is 9.97 Å². The largest absolute Gasteiger partial charge is 0.244 e. The van der Waals surface area contributed by atoms with Gasteiger partial charge in [-0.2, -0.15) is 0 Å². The second-order valence-electron chi connectivity index (χ2n) is 29.7. The van der Waals surface area contributed by atoms with E-state index in [-0.39, 0.29) is 10.8 Å². The molecule has 0 saturated heterocycles. The maximum absolute atomic E-state index is 5.82. The summed E-state index contributed by atoms with van der Waals surface area (Å²) in [6.45, 7) is 0. The monoisotopic (exact) mass is 1030 g/mol. The molecule has 2 spiro atoms. The van der Waals surface area contributed by atoms with Crippen LogP contribution in [0.15, 0.2) is 72.8 Å². The minimum Gasteiger partial charge on any atom is -0.244 e. The van der Waals surface area contributed by atoms with Gasteiger partial charge in [-0.3, -0.25) is 0 Å². The van der Waals surface area contributed by atoms with Gasteiger partial charge in [0.2, 0.25) is 0 Å². The smallest absolute Gasteiger partial charge is 0.0973 e. The summed E-state index contributed by atoms with van der Waals surface area (Å²) in [4.78, 5) is 11.6. The molecule has 31 aromatic carbocycles. The molecule has 0 bridgehead atoms. The van der Waals surface area contributed by atoms with E-state index >= 15 is 0 Å². The highest BCUT2D eigenvalue weighted by Gasteiger charge is 2.71. The molecule has 1 aromatic heterocycles. The average molecular weight is 1030 g/mol. The number of hydrogen-bond acceptors (Lipinski definition) is 2. The van der Waals surface area contributed by atoms with Crippen molar-refractivity contribution < 1.29 is 0 Å². The van der Waals surface area contributed by atoms with E-state index in [0.29, 0.717) is 0 Å². The van der Waals surface area contributed by atoms with Gasteiger partial charge in [-0.15, -0.1) is 0 Å². The zero-order valence-corrected chi connectivity index (χ0v) is 43.2. The van der Waals surface area contributed by atoms with Crippen LogP contribution < -0.4 is 0 Å². The van der Waals surface area contributed by atoms with Crippen molar-refractivity contribution in [3.8, 4) is 22.5 Å². The van der Waals surface area contributed by atoms with Crippen LogP contribution in [-0.2, 0) is 23.7 Å². The lowest BCUT2D eigenvalue weighted by molar-refractivity contribution is 0.298. The molecule has 354 valence electrons. The first-order chi connectivity index (χ1) is 41.8. The minimum atomic E-state index is -0.335. The van der Waals surface area contributed by atoms with Crippen molar-refractivity contribution in [1.82, 2.24) is 9.97 Å². The maximum atomic E-state index is 5.82. The molecular weight excluding hydrogens is 1010 g/mol. The lowest BCUT2D eigenvalue weighted by Crippen LogP contribution is -2.56. The predicted molar refractivity (Wildman–Crippen MR) is 352 cm³/mol. The third-order valence-electron chi connectivity index (χ3n) is 28.7. The Morgan fingerprint density at radius 2 is 0.369 bits per heavy atom. The molecule has 0 atom stereocenters. The Morgan fingerprint density at radius 1 is 0.202 bits per heavy atom. The fourth-order valence-corrected chi connectivity index (χ4v) is 27.9. The molecule has 5 aliphatic carbocycles. The lowest BCUT2D eigenvalue weighted by Gasteiger charge is -2.57. The van der Waals surface area contributed by atoms with Crippen LogP contribution in [0.5, 0.6) is 0 Å². The van der Waals surface area contributed by atoms with Crippen molar-refractivity contribution in [3.05, 3.63) is 106 Å². The maximum Gasteiger partial charge on any atom is 0.0973 e. The normalized spacial score (nSPS) is 20.6. The van der Waals surface area contributed by atoms with Gasteiger partial charge in [0.15, 0.2) is 0 Å². The number of benzene rings is 21. The van der Waals surface area contributed by atoms with Crippen molar-refractivity contribution in [1.29, 1.82) is 0 Å². The SMILES string of the molecule is c1ccc(-c2nc3cc4c(cc3nc2-c2ccccc2)CC23c5c6c7c8c9c%10c(c%11c%12c2c2c5c5c%13c6c6c7c7c9c9c%14c%10c%10c%11c%11c%12c%12c2c2c5c5c%13c%13c6c6c7c9c7c9c%14c%10c%10c%11c%11c%12c2c2c5c5c%13c6c7c6c9c%10c%11c2c56)C83C4)cc1. The molecule has 1 heterocycles. The van der Waals surface area contributed by atoms with E-state index < -0.39 is 0 Å². The Bertz CT molecular complexity index is 7910. The van der Waals surface area contributed by atoms with E-state index in [0.717, 1.165) is 46.4 Å². The highest BCUT2D eigenvalue weighted by molar-refractivity contribution is 6.82. The molecular formula is C82H16N2. The standard InChI is InChI=1S/C82H16N2/c1-3-7-15(8-4-1)79-80(16-9-5-2-6-10-16)84-20-12-18-14-82-77-69-61-51-41-33-25-22-21-23-27-29(25)37-43-35(27)45-39-31(23)32-24(21)28-30-26(22)34(33)42-48-38(30)44-36(28)46-40(32)50-49(39)59-53(45)63-57(43)65(55(61)47(37)41)73(77)71(63)75-67(59)68-60(50)54(46)64-58(44)66-56(48)62(52(42)51)70(69)78(82)74(66)72(64)76(68)81(75,82)13-17(18)11-19(20)83-79/h1-12H,13-14H2. The van der Waals surface area contributed by atoms with Gasteiger partial charge in [0.1, 0.15) is 0 Å². The van der Waals surface area contributed by atoms with Gasteiger partial charge >= 0.3 is 0 Å². The summed E-state index contributed by atoms with van der Waals surface area (Å²) >= 11 is 0. The van der Waals surface area contributed by atoms with Crippen LogP contribution in [-0.4, -0.2) is 9.97 Å². The van der Waals surface area contributed by atoms with Crippen LogP contribution in [0.25, 0.3) is 324 Å². The fourth-order valence-electron chi connectivity index (χ4n) is 27.9. The summed E-state index contributed by atoms with van der Waals surface area (Å²) in [6.07, 6.45) is 1.94. The number of nitrogens with zero attached hydrogens (tertiary/aromatic N) is 2. The molecule has 84 heavy (non-hydrogen) atoms. The molecule has 32 aromatic rings. The molecule has 5 aliphatic rings. The quantitative estimate of drug-likeness (QED) is 0.161. The van der Waals surface area contributed by atoms with Gasteiger partial charge in [-0.1, -0.05) is 60.7 Å². The molecule has 0 unspecified atom stereocenters. The molecule has 2 heteroatoms. The van der Waals surface area contributed by atoms with Crippen molar-refractivity contribution in [2.24, 2.45) is 0 Å². The van der Waals surface area contributed by atoms with Crippen LogP contribution in [0.4, 0.5) is 0 Å². The van der Waals surface area contributed by atoms with Crippen molar-refractivity contribution in [2.45, 2.75) is 23.7 Å². The number of aromatic nitrogens is 2. The van der Waals surface area contributed by atoms with Crippen molar-refractivity contribution in [3.63, 3.8) is 0 Å². The first-order valence-electron chi connectivity index (χ1n) is 31.0. The molecule has 0 N–H and O–H groups in total. The van der Waals surface area contributed by atoms with Gasteiger partial charge < -0.3 is 0 Å². The lowest BCUT2D eigenvalue weighted by atomic mass is 9.43. The van der Waals surface area contributed by atoms with Crippen LogP contribution in [0, 0.1) is 0 Å². The predicted octanol–water partition coefficient (Wildman–Crippen LogP) is 21.4. The Labute approximate surface area is 461 Å². The average Bonchev–Trinajstić information content (AvgIpc) is 1.39. The van der Waals surface area contributed by atoms with E-state index in [2.05, 4.69) is 72.8 Å². The van der Waals surface area contributed by atoms with Crippen LogP contribution in [0.3, 0.4) is 0 Å². The summed E-state index contributed by atoms with van der Waals surface area (Å²) in [5.74, 6) is 0. The Morgan fingerprint density at radius 3 is 0.548 bits per heavy atom. The van der Waals surface area contributed by atoms with E-state index in [1.54, 1.807) is 313 Å². The van der Waals surface area contributed by atoms with Gasteiger partial charge in [0, 0.05) is 22.0 Å². The second kappa shape index (κ2) is 7.97. The zero-order chi connectivity index (χ0) is 50.4. The fraction of sp³-hybridized carbons (Fsp3) is 0.0488. The van der Waals surface area contributed by atoms with Gasteiger partial charge in [0.25, 0.3) is 0 Å². The third kappa shape index (κ3) is 1.97. The zero-order valence-electron chi connectivity index (χ0n) is 43.2. The van der Waals surface area contributed by atoms with Crippen LogP contribution >= 0.6 is 0 Å². The number of hydrogen-bond donors (Lipinski definition) is 0. The highest BCUT2D eigenvalue weighted by atomic mass is 14.8. The summed E-state index contributed by atoms with van der Waals surface area (Å²) in [5.41, 5.74) is 15.5. The van der Waals surface area contributed by atoms with Gasteiger partial charge in [-0.05, 0) is 349 Å². The second-order valence-corrected chi connectivity index (χ2v) is 29.7. The minimum absolute atomic E-state index is 0.335. The first-order valence-corrected chi connectivity index (χ1v) is 31.0. The van der Waals surface area contributed by atoms with Crippen LogP contribution in [0.2, 0.25) is 0 Å². The molecule has 37 rings (SSSR count). The van der Waals surface area contributed by atoms with E-state index in [1.807, 2.05) is 0 Å². The molecule has 2 nitrogen and oxygen atoms in total. The summed E-state index contributed by atoms with van der Waals surface area (Å²) < 4.78 is 0. The molecule has 0 saturated carbocycles. The Balaban J connectivity index is 0.932. The number of rotatable bonds is 2. The Kier molecular flexibility index (Phi) is 3.11. The van der Waals surface area contributed by atoms with Crippen molar-refractivity contribution in [2.75, 3.05) is 0 Å². The van der Waals surface area contributed by atoms with Crippen LogP contribution in [0.1, 0.15) is 33.4 Å². The first kappa shape index (κ1) is 32.8. The molecule has 0 amide bonds. The molecule has 0 fully saturated rings. The molecule has 0 aliphatic heterocycles. The van der Waals surface area contributed by atoms with E-state index in [4.69, 9.17) is 9.97 Å². The topological polar surface area (TPSA) is 25.8 Å². The van der Waals surface area contributed by atoms with E-state index in [9.17, 15) is 0 Å². The van der Waals surface area contributed by atoms with Crippen molar-refractivity contribution >= 4 is 302 Å². The summed E-state index contributed by atoms with van der Waals surface area (Å²) in [7, 11) is 0. The highest BCUT2D eigenvalue weighted by Crippen LogP contribution is 2.85. The molecule has 0 radical (unpaired) electrons. The third-order valence-corrected chi connectivity index (χ3v) is 28.7. The van der Waals surface area contributed by atoms with E-state index in [1.165, 1.54) is 11.1 Å². The summed E-state index contributed by atoms with van der Waals surface area (Å²) in [5, 5.41) is 89.5. The summed E-state index contributed by atoms with van der Waals surface area (Å²) in [6, 6.07) is 26.9. The Hall–Kier alpha value is -10.5.